The van der Waals surface area contributed by atoms with Crippen LogP contribution in [0.4, 0.5) is 10.6 Å². The molecule has 32 heavy (non-hydrogen) atoms. The maximum absolute atomic E-state index is 13.6. The van der Waals surface area contributed by atoms with E-state index in [1.165, 1.54) is 12.8 Å². The highest BCUT2D eigenvalue weighted by molar-refractivity contribution is 6.02. The topological polar surface area (TPSA) is 97.5 Å². The lowest BCUT2D eigenvalue weighted by atomic mass is 10.0. The molecule has 2 aliphatic heterocycles. The Hall–Kier alpha value is -2.94. The average Bonchev–Trinajstić information content (AvgIpc) is 3.30. The summed E-state index contributed by atoms with van der Waals surface area (Å²) in [5.41, 5.74) is 1.48. The van der Waals surface area contributed by atoms with Gasteiger partial charge in [0.05, 0.1) is 17.8 Å². The Balaban J connectivity index is 1.47. The van der Waals surface area contributed by atoms with Crippen molar-refractivity contribution in [1.29, 1.82) is 0 Å². The second-order valence-electron chi connectivity index (χ2n) is 9.22. The number of urea groups is 1. The normalized spacial score (nSPS) is 20.3. The van der Waals surface area contributed by atoms with Gasteiger partial charge in [-0.25, -0.2) is 4.79 Å². The number of rotatable bonds is 5. The second-order valence-corrected chi connectivity index (χ2v) is 9.22. The third kappa shape index (κ3) is 4.09. The first-order valence-electron chi connectivity index (χ1n) is 11.4. The van der Waals surface area contributed by atoms with Crippen LogP contribution in [0, 0.1) is 0 Å². The van der Waals surface area contributed by atoms with Crippen molar-refractivity contribution in [3.05, 3.63) is 41.3 Å². The minimum Gasteiger partial charge on any atom is -0.319 e. The summed E-state index contributed by atoms with van der Waals surface area (Å²) in [5, 5.41) is 10.2. The SMILES string of the molecule is CCCCN1CCN(C(=O)N2Cc3c(NC(=O)c4ccccn4)n[nH]c3C2(C)C)[C@@H](C)C1. The van der Waals surface area contributed by atoms with E-state index in [0.717, 1.165) is 37.4 Å². The van der Waals surface area contributed by atoms with Crippen LogP contribution in [-0.4, -0.2) is 74.0 Å². The number of nitrogens with one attached hydrogen (secondary N) is 2. The second kappa shape index (κ2) is 8.90. The van der Waals surface area contributed by atoms with Crippen LogP contribution < -0.4 is 5.32 Å². The van der Waals surface area contributed by atoms with E-state index in [1.807, 2.05) is 23.6 Å². The van der Waals surface area contributed by atoms with E-state index in [1.54, 1.807) is 24.4 Å². The van der Waals surface area contributed by atoms with Gasteiger partial charge in [0.25, 0.3) is 5.91 Å². The van der Waals surface area contributed by atoms with Gasteiger partial charge in [-0.15, -0.1) is 0 Å². The van der Waals surface area contributed by atoms with Gasteiger partial charge < -0.3 is 15.1 Å². The molecule has 0 aromatic carbocycles. The van der Waals surface area contributed by atoms with Crippen LogP contribution in [-0.2, 0) is 12.1 Å². The number of aromatic amines is 1. The number of hydrogen-bond acceptors (Lipinski definition) is 5. The number of anilines is 1. The average molecular weight is 440 g/mol. The van der Waals surface area contributed by atoms with Gasteiger partial charge in [0.2, 0.25) is 0 Å². The molecule has 9 heteroatoms. The number of piperazine rings is 1. The van der Waals surface area contributed by atoms with Gasteiger partial charge in [0.1, 0.15) is 5.69 Å². The minimum atomic E-state index is -0.549. The molecule has 4 heterocycles. The van der Waals surface area contributed by atoms with E-state index in [2.05, 4.69) is 39.2 Å². The van der Waals surface area contributed by atoms with Crippen molar-refractivity contribution in [2.45, 2.75) is 58.7 Å². The quantitative estimate of drug-likeness (QED) is 0.746. The Labute approximate surface area is 189 Å². The van der Waals surface area contributed by atoms with E-state index >= 15 is 0 Å². The van der Waals surface area contributed by atoms with Gasteiger partial charge in [-0.05, 0) is 45.9 Å². The van der Waals surface area contributed by atoms with E-state index in [0.29, 0.717) is 18.1 Å². The lowest BCUT2D eigenvalue weighted by Crippen LogP contribution is -2.58. The molecule has 172 valence electrons. The summed E-state index contributed by atoms with van der Waals surface area (Å²) < 4.78 is 0. The summed E-state index contributed by atoms with van der Waals surface area (Å²) in [6, 6.07) is 5.38. The number of carbonyl (C=O) groups is 2. The molecule has 2 aromatic heterocycles. The first-order valence-corrected chi connectivity index (χ1v) is 11.4. The number of hydrogen-bond donors (Lipinski definition) is 2. The fourth-order valence-corrected chi connectivity index (χ4v) is 4.65. The van der Waals surface area contributed by atoms with Gasteiger partial charge in [0, 0.05) is 37.4 Å². The number of nitrogens with zero attached hydrogens (tertiary/aromatic N) is 5. The van der Waals surface area contributed by atoms with Crippen molar-refractivity contribution >= 4 is 17.8 Å². The summed E-state index contributed by atoms with van der Waals surface area (Å²) >= 11 is 0. The van der Waals surface area contributed by atoms with Crippen molar-refractivity contribution in [1.82, 2.24) is 29.9 Å². The fraction of sp³-hybridized carbons (Fsp3) is 0.565. The van der Waals surface area contributed by atoms with Crippen molar-refractivity contribution in [3.63, 3.8) is 0 Å². The van der Waals surface area contributed by atoms with Crippen LogP contribution in [0.15, 0.2) is 24.4 Å². The zero-order valence-corrected chi connectivity index (χ0v) is 19.4. The Bertz CT molecular complexity index is 972. The fourth-order valence-electron chi connectivity index (χ4n) is 4.65. The number of carbonyl (C=O) groups excluding carboxylic acids is 2. The summed E-state index contributed by atoms with van der Waals surface area (Å²) in [6.45, 7) is 12.4. The molecule has 1 atom stereocenters. The van der Waals surface area contributed by atoms with Crippen molar-refractivity contribution in [3.8, 4) is 0 Å². The molecule has 0 radical (unpaired) electrons. The van der Waals surface area contributed by atoms with Crippen LogP contribution in [0.25, 0.3) is 0 Å². The highest BCUT2D eigenvalue weighted by Crippen LogP contribution is 2.41. The Kier molecular flexibility index (Phi) is 6.19. The summed E-state index contributed by atoms with van der Waals surface area (Å²) in [4.78, 5) is 36.5. The maximum atomic E-state index is 13.6. The Morgan fingerprint density at radius 2 is 2.09 bits per heavy atom. The first kappa shape index (κ1) is 22.3. The van der Waals surface area contributed by atoms with Crippen molar-refractivity contribution in [2.24, 2.45) is 0 Å². The molecule has 0 spiro atoms. The highest BCUT2D eigenvalue weighted by atomic mass is 16.2. The number of H-pyrrole nitrogens is 1. The molecule has 0 bridgehead atoms. The number of unbranched alkanes of at least 4 members (excludes halogenated alkanes) is 1. The lowest BCUT2D eigenvalue weighted by Gasteiger charge is -2.44. The third-order valence-electron chi connectivity index (χ3n) is 6.62. The Morgan fingerprint density at radius 1 is 1.28 bits per heavy atom. The Morgan fingerprint density at radius 3 is 2.78 bits per heavy atom. The van der Waals surface area contributed by atoms with Gasteiger partial charge in [-0.1, -0.05) is 19.4 Å². The molecule has 2 N–H and O–H groups in total. The monoisotopic (exact) mass is 439 g/mol. The predicted molar refractivity (Wildman–Crippen MR) is 122 cm³/mol. The van der Waals surface area contributed by atoms with Crippen molar-refractivity contribution < 1.29 is 9.59 Å². The van der Waals surface area contributed by atoms with Gasteiger partial charge >= 0.3 is 6.03 Å². The predicted octanol–water partition coefficient (Wildman–Crippen LogP) is 3.03. The number of aromatic nitrogens is 3. The molecule has 0 unspecified atom stereocenters. The van der Waals surface area contributed by atoms with Gasteiger partial charge in [-0.3, -0.25) is 19.8 Å². The molecule has 2 aromatic rings. The zero-order valence-electron chi connectivity index (χ0n) is 19.4. The molecule has 2 aliphatic rings. The minimum absolute atomic E-state index is 0.0317. The smallest absolute Gasteiger partial charge is 0.319 e. The molecule has 1 fully saturated rings. The van der Waals surface area contributed by atoms with Gasteiger partial charge in [0.15, 0.2) is 5.82 Å². The molecule has 1 saturated heterocycles. The maximum Gasteiger partial charge on any atom is 0.321 e. The molecule has 0 aliphatic carbocycles. The van der Waals surface area contributed by atoms with Crippen LogP contribution in [0.3, 0.4) is 0 Å². The van der Waals surface area contributed by atoms with E-state index < -0.39 is 5.54 Å². The molecule has 9 nitrogen and oxygen atoms in total. The largest absolute Gasteiger partial charge is 0.321 e. The van der Waals surface area contributed by atoms with Crippen molar-refractivity contribution in [2.75, 3.05) is 31.5 Å². The zero-order chi connectivity index (χ0) is 22.9. The third-order valence-corrected chi connectivity index (χ3v) is 6.62. The number of fused-ring (bicyclic) bond motifs is 1. The first-order chi connectivity index (χ1) is 15.3. The van der Waals surface area contributed by atoms with E-state index in [-0.39, 0.29) is 18.0 Å². The van der Waals surface area contributed by atoms with Crippen LogP contribution in [0.1, 0.15) is 62.3 Å². The highest BCUT2D eigenvalue weighted by Gasteiger charge is 2.46. The van der Waals surface area contributed by atoms with E-state index in [9.17, 15) is 9.59 Å². The van der Waals surface area contributed by atoms with Gasteiger partial charge in [-0.2, -0.15) is 5.10 Å². The summed E-state index contributed by atoms with van der Waals surface area (Å²) in [5.74, 6) is 0.135. The van der Waals surface area contributed by atoms with E-state index in [4.69, 9.17) is 0 Å². The van der Waals surface area contributed by atoms with Crippen LogP contribution >= 0.6 is 0 Å². The number of pyridine rings is 1. The summed E-state index contributed by atoms with van der Waals surface area (Å²) in [6.07, 6.45) is 3.95. The molecule has 0 saturated carbocycles. The lowest BCUT2D eigenvalue weighted by molar-refractivity contribution is 0.0586. The van der Waals surface area contributed by atoms with Crippen LogP contribution in [0.5, 0.6) is 0 Å². The molecule has 3 amide bonds. The number of amides is 3. The summed E-state index contributed by atoms with van der Waals surface area (Å²) in [7, 11) is 0. The molecular formula is C23H33N7O2. The molecule has 4 rings (SSSR count). The molecular weight excluding hydrogens is 406 g/mol. The standard InChI is InChI=1S/C23H33N7O2/c1-5-6-11-28-12-13-29(16(2)14-28)22(32)30-15-17-19(23(30,3)4)26-27-20(17)25-21(31)18-9-7-8-10-24-18/h7-10,16H,5-6,11-15H2,1-4H3,(H2,25,26,27,31)/t16-/m0/s1. The van der Waals surface area contributed by atoms with Crippen LogP contribution in [0.2, 0.25) is 0 Å².